The second kappa shape index (κ2) is 9.05. The molecule has 0 fully saturated rings. The summed E-state index contributed by atoms with van der Waals surface area (Å²) in [5, 5.41) is 0.176. The molecule has 0 aliphatic heterocycles. The molecule has 0 bridgehead atoms. The van der Waals surface area contributed by atoms with Crippen molar-refractivity contribution in [1.82, 2.24) is 15.0 Å². The first kappa shape index (κ1) is 22.6. The smallest absolute Gasteiger partial charge is 0.208 e. The lowest BCUT2D eigenvalue weighted by molar-refractivity contribution is 0.768. The largest absolute Gasteiger partial charge is 0.226 e. The fraction of sp³-hybridized carbons (Fsp3) is 0.0294. The van der Waals surface area contributed by atoms with Crippen LogP contribution < -0.4 is 0 Å². The Morgan fingerprint density at radius 3 is 1.63 bits per heavy atom. The van der Waals surface area contributed by atoms with E-state index < -0.39 is 5.41 Å². The van der Waals surface area contributed by atoms with Crippen molar-refractivity contribution in [2.45, 2.75) is 5.41 Å². The third-order valence-electron chi connectivity index (χ3n) is 7.36. The fourth-order valence-electron chi connectivity index (χ4n) is 5.78. The van der Waals surface area contributed by atoms with Crippen molar-refractivity contribution in [1.29, 1.82) is 0 Å². The van der Waals surface area contributed by atoms with Gasteiger partial charge in [0, 0.05) is 11.1 Å². The Morgan fingerprint density at radius 2 is 0.974 bits per heavy atom. The van der Waals surface area contributed by atoms with Gasteiger partial charge in [-0.25, -0.2) is 4.98 Å². The third-order valence-corrected chi connectivity index (χ3v) is 7.53. The zero-order valence-electron chi connectivity index (χ0n) is 20.4. The van der Waals surface area contributed by atoms with Crippen LogP contribution in [0.1, 0.15) is 22.3 Å². The van der Waals surface area contributed by atoms with Crippen LogP contribution in [0.4, 0.5) is 0 Å². The average Bonchev–Trinajstić information content (AvgIpc) is 3.29. The molecule has 0 unspecified atom stereocenters. The highest BCUT2D eigenvalue weighted by molar-refractivity contribution is 6.28. The first-order valence-corrected chi connectivity index (χ1v) is 13.0. The van der Waals surface area contributed by atoms with Crippen LogP contribution in [0.15, 0.2) is 133 Å². The van der Waals surface area contributed by atoms with Crippen molar-refractivity contribution >= 4 is 11.6 Å². The summed E-state index contributed by atoms with van der Waals surface area (Å²) in [5.74, 6) is 1.11. The van der Waals surface area contributed by atoms with Gasteiger partial charge in [-0.15, -0.1) is 0 Å². The SMILES string of the molecule is Clc1nc(-c2ccccc2)nc(-c2ccc3c(c2)C(c2ccccc2)(c2ccccc2)c2ccccc2-3)n1. The maximum absolute atomic E-state index is 6.43. The van der Waals surface area contributed by atoms with Crippen LogP contribution in [0.3, 0.4) is 0 Å². The molecular weight excluding hydrogens is 486 g/mol. The van der Waals surface area contributed by atoms with E-state index in [0.717, 1.165) is 11.1 Å². The fourth-order valence-corrected chi connectivity index (χ4v) is 5.94. The van der Waals surface area contributed by atoms with Crippen LogP contribution in [0, 0.1) is 0 Å². The van der Waals surface area contributed by atoms with Crippen molar-refractivity contribution in [2.75, 3.05) is 0 Å². The number of halogens is 1. The van der Waals surface area contributed by atoms with Crippen LogP contribution in [-0.2, 0) is 5.41 Å². The van der Waals surface area contributed by atoms with Crippen LogP contribution >= 0.6 is 11.6 Å². The van der Waals surface area contributed by atoms with Gasteiger partial charge >= 0.3 is 0 Å². The van der Waals surface area contributed by atoms with E-state index >= 15 is 0 Å². The number of benzene rings is 5. The Bertz CT molecular complexity index is 1730. The molecule has 38 heavy (non-hydrogen) atoms. The molecule has 1 aliphatic carbocycles. The molecule has 1 aromatic heterocycles. The van der Waals surface area contributed by atoms with Gasteiger partial charge in [0.1, 0.15) is 0 Å². The minimum absolute atomic E-state index is 0.176. The molecule has 5 aromatic carbocycles. The number of fused-ring (bicyclic) bond motifs is 3. The number of hydrogen-bond acceptors (Lipinski definition) is 3. The highest BCUT2D eigenvalue weighted by Crippen LogP contribution is 2.56. The van der Waals surface area contributed by atoms with Crippen molar-refractivity contribution < 1.29 is 0 Å². The van der Waals surface area contributed by atoms with Crippen molar-refractivity contribution in [3.05, 3.63) is 161 Å². The Morgan fingerprint density at radius 1 is 0.447 bits per heavy atom. The number of aromatic nitrogens is 3. The first-order valence-electron chi connectivity index (χ1n) is 12.6. The van der Waals surface area contributed by atoms with E-state index in [1.807, 2.05) is 30.3 Å². The second-order valence-electron chi connectivity index (χ2n) is 9.41. The van der Waals surface area contributed by atoms with Crippen LogP contribution in [0.2, 0.25) is 5.28 Å². The first-order chi connectivity index (χ1) is 18.7. The van der Waals surface area contributed by atoms with Gasteiger partial charge in [0.25, 0.3) is 0 Å². The van der Waals surface area contributed by atoms with Crippen molar-refractivity contribution in [3.63, 3.8) is 0 Å². The Hall–Kier alpha value is -4.60. The molecule has 0 saturated heterocycles. The Kier molecular flexibility index (Phi) is 5.38. The van der Waals surface area contributed by atoms with Gasteiger partial charge < -0.3 is 0 Å². The van der Waals surface area contributed by atoms with E-state index in [9.17, 15) is 0 Å². The van der Waals surface area contributed by atoms with Crippen molar-refractivity contribution in [3.8, 4) is 33.9 Å². The third kappa shape index (κ3) is 3.47. The molecule has 1 aliphatic rings. The lowest BCUT2D eigenvalue weighted by Crippen LogP contribution is -2.28. The molecule has 1 heterocycles. The molecule has 4 heteroatoms. The maximum Gasteiger partial charge on any atom is 0.226 e. The molecule has 0 atom stereocenters. The average molecular weight is 508 g/mol. The summed E-state index contributed by atoms with van der Waals surface area (Å²) in [4.78, 5) is 13.8. The molecule has 3 nitrogen and oxygen atoms in total. The van der Waals surface area contributed by atoms with Gasteiger partial charge in [-0.1, -0.05) is 127 Å². The summed E-state index contributed by atoms with van der Waals surface area (Å²) < 4.78 is 0. The highest BCUT2D eigenvalue weighted by Gasteiger charge is 2.46. The monoisotopic (exact) mass is 507 g/mol. The van der Waals surface area contributed by atoms with Gasteiger partial charge in [-0.3, -0.25) is 0 Å². The van der Waals surface area contributed by atoms with Gasteiger partial charge in [-0.2, -0.15) is 9.97 Å². The lowest BCUT2D eigenvalue weighted by atomic mass is 9.67. The van der Waals surface area contributed by atoms with E-state index in [4.69, 9.17) is 16.6 Å². The summed E-state index contributed by atoms with van der Waals surface area (Å²) in [6.45, 7) is 0. The van der Waals surface area contributed by atoms with E-state index in [1.54, 1.807) is 0 Å². The van der Waals surface area contributed by atoms with E-state index in [1.165, 1.54) is 33.4 Å². The zero-order valence-corrected chi connectivity index (χ0v) is 21.2. The van der Waals surface area contributed by atoms with Crippen molar-refractivity contribution in [2.24, 2.45) is 0 Å². The van der Waals surface area contributed by atoms with Gasteiger partial charge in [0.15, 0.2) is 11.6 Å². The molecule has 7 rings (SSSR count). The molecule has 0 radical (unpaired) electrons. The summed E-state index contributed by atoms with van der Waals surface area (Å²) in [6.07, 6.45) is 0. The summed E-state index contributed by atoms with van der Waals surface area (Å²) in [6, 6.07) is 46.5. The quantitative estimate of drug-likeness (QED) is 0.241. The number of nitrogens with zero attached hydrogens (tertiary/aromatic N) is 3. The summed E-state index contributed by atoms with van der Waals surface area (Å²) in [7, 11) is 0. The molecule has 0 saturated carbocycles. The molecule has 6 aromatic rings. The minimum Gasteiger partial charge on any atom is -0.208 e. The van der Waals surface area contributed by atoms with E-state index in [0.29, 0.717) is 11.6 Å². The van der Waals surface area contributed by atoms with E-state index in [2.05, 4.69) is 113 Å². The van der Waals surface area contributed by atoms with Gasteiger partial charge in [-0.05, 0) is 51.0 Å². The van der Waals surface area contributed by atoms with Gasteiger partial charge in [0.2, 0.25) is 5.28 Å². The van der Waals surface area contributed by atoms with Crippen LogP contribution in [0.25, 0.3) is 33.9 Å². The van der Waals surface area contributed by atoms with Gasteiger partial charge in [0.05, 0.1) is 5.41 Å². The normalized spacial score (nSPS) is 13.1. The predicted octanol–water partition coefficient (Wildman–Crippen LogP) is 8.22. The number of hydrogen-bond donors (Lipinski definition) is 0. The van der Waals surface area contributed by atoms with Crippen LogP contribution in [-0.4, -0.2) is 15.0 Å². The molecule has 0 N–H and O–H groups in total. The predicted molar refractivity (Wildman–Crippen MR) is 153 cm³/mol. The highest BCUT2D eigenvalue weighted by atomic mass is 35.5. The standard InChI is InChI=1S/C34H22ClN3/c35-33-37-31(23-12-4-1-5-13-23)36-32(38-33)24-20-21-28-27-18-10-11-19-29(27)34(30(28)22-24,25-14-6-2-7-15-25)26-16-8-3-9-17-26/h1-22H. The second-order valence-corrected chi connectivity index (χ2v) is 9.74. The van der Waals surface area contributed by atoms with E-state index in [-0.39, 0.29) is 5.28 Å². The van der Waals surface area contributed by atoms with Crippen LogP contribution in [0.5, 0.6) is 0 Å². The molecule has 0 spiro atoms. The number of rotatable bonds is 4. The Balaban J connectivity index is 1.51. The molecule has 180 valence electrons. The molecular formula is C34H22ClN3. The topological polar surface area (TPSA) is 38.7 Å². The summed E-state index contributed by atoms with van der Waals surface area (Å²) >= 11 is 6.43. The molecule has 0 amide bonds. The zero-order chi connectivity index (χ0) is 25.5. The lowest BCUT2D eigenvalue weighted by Gasteiger charge is -2.34. The Labute approximate surface area is 226 Å². The summed E-state index contributed by atoms with van der Waals surface area (Å²) in [5.41, 5.74) is 8.66. The minimum atomic E-state index is -0.483. The maximum atomic E-state index is 6.43.